The molecule has 0 aromatic heterocycles. The van der Waals surface area contributed by atoms with Crippen LogP contribution in [0.2, 0.25) is 0 Å². The van der Waals surface area contributed by atoms with E-state index in [0.29, 0.717) is 12.1 Å². The average Bonchev–Trinajstić information content (AvgIpc) is 2.93. The zero-order chi connectivity index (χ0) is 12.8. The van der Waals surface area contributed by atoms with E-state index in [2.05, 4.69) is 35.8 Å². The number of thioether (sulfide) groups is 1. The molecule has 0 spiro atoms. The van der Waals surface area contributed by atoms with Gasteiger partial charge in [0.1, 0.15) is 0 Å². The first-order valence-electron chi connectivity index (χ1n) is 6.76. The summed E-state index contributed by atoms with van der Waals surface area (Å²) >= 11 is 1.79. The Hall–Kier alpha value is -0.510. The Balaban J connectivity index is 1.89. The highest BCUT2D eigenvalue weighted by Gasteiger charge is 2.18. The van der Waals surface area contributed by atoms with E-state index >= 15 is 0 Å². The lowest BCUT2D eigenvalue weighted by molar-refractivity contribution is 0.0998. The van der Waals surface area contributed by atoms with Crippen LogP contribution in [0.25, 0.3) is 0 Å². The zero-order valence-corrected chi connectivity index (χ0v) is 12.1. The first-order chi connectivity index (χ1) is 8.83. The largest absolute Gasteiger partial charge is 0.378 e. The summed E-state index contributed by atoms with van der Waals surface area (Å²) in [6.07, 6.45) is 7.39. The number of hydrogen-bond acceptors (Lipinski definition) is 3. The molecular formula is C15H23NOS. The molecule has 2 rings (SSSR count). The number of benzene rings is 1. The first kappa shape index (κ1) is 13.9. The van der Waals surface area contributed by atoms with E-state index in [1.807, 2.05) is 7.05 Å². The predicted molar refractivity (Wildman–Crippen MR) is 78.2 cm³/mol. The van der Waals surface area contributed by atoms with Gasteiger partial charge in [0.2, 0.25) is 0 Å². The third kappa shape index (κ3) is 3.74. The topological polar surface area (TPSA) is 21.3 Å². The highest BCUT2D eigenvalue weighted by molar-refractivity contribution is 7.98. The molecule has 1 aliphatic rings. The maximum Gasteiger partial charge on any atom is 0.0576 e. The van der Waals surface area contributed by atoms with Crippen LogP contribution >= 0.6 is 11.8 Å². The van der Waals surface area contributed by atoms with E-state index in [4.69, 9.17) is 4.74 Å². The maximum absolute atomic E-state index is 5.69. The molecule has 2 atom stereocenters. The molecular weight excluding hydrogens is 242 g/mol. The van der Waals surface area contributed by atoms with Gasteiger partial charge in [-0.25, -0.2) is 0 Å². The second kappa shape index (κ2) is 7.17. The molecule has 2 unspecified atom stereocenters. The molecule has 0 radical (unpaired) electrons. The monoisotopic (exact) mass is 265 g/mol. The molecule has 3 heteroatoms. The molecule has 0 bridgehead atoms. The summed E-state index contributed by atoms with van der Waals surface area (Å²) in [6.45, 7) is 0.956. The van der Waals surface area contributed by atoms with Crippen LogP contribution in [-0.2, 0) is 4.74 Å². The minimum atomic E-state index is 0.449. The molecule has 18 heavy (non-hydrogen) atoms. The molecule has 0 amide bonds. The van der Waals surface area contributed by atoms with Gasteiger partial charge in [-0.05, 0) is 56.7 Å². The number of nitrogens with one attached hydrogen (secondary N) is 1. The van der Waals surface area contributed by atoms with Gasteiger partial charge in [0.15, 0.2) is 0 Å². The fourth-order valence-corrected chi connectivity index (χ4v) is 2.95. The fraction of sp³-hybridized carbons (Fsp3) is 0.600. The molecule has 0 aliphatic carbocycles. The molecule has 2 nitrogen and oxygen atoms in total. The predicted octanol–water partition coefficient (Wildman–Crippen LogP) is 3.63. The Labute approximate surface area is 114 Å². The number of ether oxygens (including phenoxy) is 1. The highest BCUT2D eigenvalue weighted by atomic mass is 32.2. The minimum absolute atomic E-state index is 0.449. The van der Waals surface area contributed by atoms with Crippen molar-refractivity contribution in [3.63, 3.8) is 0 Å². The molecule has 1 heterocycles. The van der Waals surface area contributed by atoms with Crippen molar-refractivity contribution in [2.45, 2.75) is 42.7 Å². The molecule has 100 valence electrons. The summed E-state index contributed by atoms with van der Waals surface area (Å²) in [5.41, 5.74) is 1.38. The van der Waals surface area contributed by atoms with Crippen molar-refractivity contribution >= 4 is 11.8 Å². The van der Waals surface area contributed by atoms with E-state index in [1.54, 1.807) is 11.8 Å². The average molecular weight is 265 g/mol. The first-order valence-corrected chi connectivity index (χ1v) is 7.98. The van der Waals surface area contributed by atoms with E-state index < -0.39 is 0 Å². The Morgan fingerprint density at radius 1 is 1.39 bits per heavy atom. The third-order valence-corrected chi connectivity index (χ3v) is 4.41. The molecule has 1 fully saturated rings. The summed E-state index contributed by atoms with van der Waals surface area (Å²) in [5.74, 6) is 0. The van der Waals surface area contributed by atoms with Crippen LogP contribution < -0.4 is 5.32 Å². The van der Waals surface area contributed by atoms with Crippen LogP contribution in [0.1, 0.15) is 37.3 Å². The van der Waals surface area contributed by atoms with Crippen molar-refractivity contribution < 1.29 is 4.74 Å². The van der Waals surface area contributed by atoms with Crippen LogP contribution in [0.15, 0.2) is 29.2 Å². The van der Waals surface area contributed by atoms with Crippen LogP contribution in [0.3, 0.4) is 0 Å². The quantitative estimate of drug-likeness (QED) is 0.794. The van der Waals surface area contributed by atoms with Crippen LogP contribution in [0.4, 0.5) is 0 Å². The van der Waals surface area contributed by atoms with Crippen LogP contribution in [-0.4, -0.2) is 26.0 Å². The summed E-state index contributed by atoms with van der Waals surface area (Å²) < 4.78 is 5.69. The van der Waals surface area contributed by atoms with Gasteiger partial charge in [0, 0.05) is 17.5 Å². The van der Waals surface area contributed by atoms with E-state index in [9.17, 15) is 0 Å². The van der Waals surface area contributed by atoms with Crippen molar-refractivity contribution in [1.29, 1.82) is 0 Å². The van der Waals surface area contributed by atoms with Gasteiger partial charge < -0.3 is 10.1 Å². The van der Waals surface area contributed by atoms with Crippen molar-refractivity contribution in [2.75, 3.05) is 19.9 Å². The maximum atomic E-state index is 5.69. The van der Waals surface area contributed by atoms with Gasteiger partial charge >= 0.3 is 0 Å². The lowest BCUT2D eigenvalue weighted by atomic mass is 9.99. The van der Waals surface area contributed by atoms with Gasteiger partial charge in [0.05, 0.1) is 6.10 Å². The second-order valence-electron chi connectivity index (χ2n) is 4.83. The Morgan fingerprint density at radius 2 is 2.17 bits per heavy atom. The normalized spacial score (nSPS) is 21.1. The zero-order valence-electron chi connectivity index (χ0n) is 11.3. The summed E-state index contributed by atoms with van der Waals surface area (Å²) in [5, 5.41) is 3.42. The van der Waals surface area contributed by atoms with Gasteiger partial charge in [-0.3, -0.25) is 0 Å². The van der Waals surface area contributed by atoms with Gasteiger partial charge in [0.25, 0.3) is 0 Å². The van der Waals surface area contributed by atoms with Crippen molar-refractivity contribution in [3.05, 3.63) is 29.8 Å². The minimum Gasteiger partial charge on any atom is -0.378 e. The second-order valence-corrected chi connectivity index (χ2v) is 5.71. The van der Waals surface area contributed by atoms with E-state index in [1.165, 1.54) is 23.3 Å². The molecule has 0 saturated carbocycles. The number of hydrogen-bond donors (Lipinski definition) is 1. The summed E-state index contributed by atoms with van der Waals surface area (Å²) in [7, 11) is 2.04. The standard InChI is InChI=1S/C15H23NOS/c1-16-15(10-7-13-4-3-11-17-13)12-5-8-14(18-2)9-6-12/h5-6,8-9,13,15-16H,3-4,7,10-11H2,1-2H3. The Bertz CT molecular complexity index is 346. The lowest BCUT2D eigenvalue weighted by Gasteiger charge is -2.19. The molecule has 1 saturated heterocycles. The molecule has 1 aliphatic heterocycles. The summed E-state index contributed by atoms with van der Waals surface area (Å²) in [4.78, 5) is 1.33. The van der Waals surface area contributed by atoms with Crippen LogP contribution in [0, 0.1) is 0 Å². The van der Waals surface area contributed by atoms with Crippen molar-refractivity contribution in [1.82, 2.24) is 5.32 Å². The van der Waals surface area contributed by atoms with E-state index in [-0.39, 0.29) is 0 Å². The van der Waals surface area contributed by atoms with Gasteiger partial charge in [-0.15, -0.1) is 11.8 Å². The highest BCUT2D eigenvalue weighted by Crippen LogP contribution is 2.25. The Morgan fingerprint density at radius 3 is 2.72 bits per heavy atom. The van der Waals surface area contributed by atoms with Crippen LogP contribution in [0.5, 0.6) is 0 Å². The van der Waals surface area contributed by atoms with Crippen molar-refractivity contribution in [2.24, 2.45) is 0 Å². The van der Waals surface area contributed by atoms with Gasteiger partial charge in [-0.2, -0.15) is 0 Å². The molecule has 1 aromatic rings. The van der Waals surface area contributed by atoms with Gasteiger partial charge in [-0.1, -0.05) is 12.1 Å². The smallest absolute Gasteiger partial charge is 0.0576 e. The molecule has 1 N–H and O–H groups in total. The SMILES string of the molecule is CNC(CCC1CCCO1)c1ccc(SC)cc1. The number of rotatable bonds is 6. The summed E-state index contributed by atoms with van der Waals surface area (Å²) in [6, 6.07) is 9.34. The molecule has 1 aromatic carbocycles. The van der Waals surface area contributed by atoms with Crippen molar-refractivity contribution in [3.8, 4) is 0 Å². The fourth-order valence-electron chi connectivity index (χ4n) is 2.54. The third-order valence-electron chi connectivity index (χ3n) is 3.67. The Kier molecular flexibility index (Phi) is 5.54. The lowest BCUT2D eigenvalue weighted by Crippen LogP contribution is -2.18. The van der Waals surface area contributed by atoms with E-state index in [0.717, 1.165) is 19.4 Å².